The van der Waals surface area contributed by atoms with Crippen LogP contribution in [0.1, 0.15) is 13.8 Å². The molecule has 1 saturated heterocycles. The SMILES string of the molecule is CC1(C)COP(=O)(SC/C=C/C=O)OC1. The maximum absolute atomic E-state index is 11.9. The van der Waals surface area contributed by atoms with Crippen LogP contribution in [0.3, 0.4) is 0 Å². The van der Waals surface area contributed by atoms with Gasteiger partial charge >= 0.3 is 6.80 Å². The molecule has 0 bridgehead atoms. The van der Waals surface area contributed by atoms with Gasteiger partial charge in [-0.3, -0.25) is 4.79 Å². The summed E-state index contributed by atoms with van der Waals surface area (Å²) in [6.07, 6.45) is 3.68. The lowest BCUT2D eigenvalue weighted by Gasteiger charge is -2.33. The summed E-state index contributed by atoms with van der Waals surface area (Å²) < 4.78 is 22.4. The zero-order chi connectivity index (χ0) is 11.4. The minimum Gasteiger partial charge on any atom is -0.300 e. The van der Waals surface area contributed by atoms with Gasteiger partial charge in [-0.1, -0.05) is 19.9 Å². The summed E-state index contributed by atoms with van der Waals surface area (Å²) in [7, 11) is 0. The molecule has 1 aliphatic heterocycles. The topological polar surface area (TPSA) is 52.6 Å². The fourth-order valence-electron chi connectivity index (χ4n) is 0.907. The monoisotopic (exact) mass is 250 g/mol. The van der Waals surface area contributed by atoms with Crippen molar-refractivity contribution in [1.82, 2.24) is 0 Å². The molecule has 0 saturated carbocycles. The Balaban J connectivity index is 2.39. The van der Waals surface area contributed by atoms with Gasteiger partial charge in [0.05, 0.1) is 13.2 Å². The van der Waals surface area contributed by atoms with Crippen molar-refractivity contribution in [3.8, 4) is 0 Å². The van der Waals surface area contributed by atoms with Crippen molar-refractivity contribution >= 4 is 24.5 Å². The van der Waals surface area contributed by atoms with Crippen molar-refractivity contribution in [2.45, 2.75) is 13.8 Å². The molecule has 0 aromatic carbocycles. The molecule has 86 valence electrons. The Kier molecular flexibility index (Phi) is 4.59. The summed E-state index contributed by atoms with van der Waals surface area (Å²) in [5.74, 6) is 0.455. The Morgan fingerprint density at radius 3 is 2.53 bits per heavy atom. The van der Waals surface area contributed by atoms with Gasteiger partial charge in [-0.05, 0) is 17.5 Å². The molecule has 4 nitrogen and oxygen atoms in total. The number of hydrogen-bond acceptors (Lipinski definition) is 5. The highest BCUT2D eigenvalue weighted by molar-refractivity contribution is 8.55. The molecule has 6 heteroatoms. The van der Waals surface area contributed by atoms with Gasteiger partial charge in [-0.2, -0.15) is 0 Å². The van der Waals surface area contributed by atoms with Gasteiger partial charge in [0.15, 0.2) is 0 Å². The van der Waals surface area contributed by atoms with E-state index < -0.39 is 6.80 Å². The lowest BCUT2D eigenvalue weighted by molar-refractivity contribution is -0.104. The van der Waals surface area contributed by atoms with Crippen LogP contribution in [0.2, 0.25) is 0 Å². The standard InChI is InChI=1S/C9H15O4PS/c1-9(2)7-12-14(11,13-8-9)15-6-4-3-5-10/h3-5H,6-8H2,1-2H3/b4-3+. The molecule has 0 N–H and O–H groups in total. The van der Waals surface area contributed by atoms with Crippen LogP contribution in [0.5, 0.6) is 0 Å². The molecular weight excluding hydrogens is 235 g/mol. The Bertz CT molecular complexity index is 286. The van der Waals surface area contributed by atoms with Gasteiger partial charge in [0.1, 0.15) is 6.29 Å². The maximum atomic E-state index is 11.9. The molecule has 1 rings (SSSR count). The van der Waals surface area contributed by atoms with Crippen molar-refractivity contribution in [2.75, 3.05) is 19.0 Å². The molecule has 0 aromatic rings. The quantitative estimate of drug-likeness (QED) is 0.436. The number of allylic oxidation sites excluding steroid dienone is 1. The maximum Gasteiger partial charge on any atom is 0.389 e. The van der Waals surface area contributed by atoms with Crippen LogP contribution in [-0.2, 0) is 18.4 Å². The fourth-order valence-corrected chi connectivity index (χ4v) is 4.09. The van der Waals surface area contributed by atoms with Crippen LogP contribution < -0.4 is 0 Å². The van der Waals surface area contributed by atoms with E-state index in [1.807, 2.05) is 13.8 Å². The predicted octanol–water partition coefficient (Wildman–Crippen LogP) is 2.66. The first-order chi connectivity index (χ1) is 6.97. The largest absolute Gasteiger partial charge is 0.389 e. The molecule has 0 amide bonds. The van der Waals surface area contributed by atoms with Crippen molar-refractivity contribution in [3.05, 3.63) is 12.2 Å². The van der Waals surface area contributed by atoms with Gasteiger partial charge in [-0.25, -0.2) is 4.57 Å². The first kappa shape index (κ1) is 13.0. The summed E-state index contributed by atoms with van der Waals surface area (Å²) in [5, 5.41) is 0. The lowest BCUT2D eigenvalue weighted by Crippen LogP contribution is -2.28. The lowest BCUT2D eigenvalue weighted by atomic mass is 9.97. The second-order valence-corrected chi connectivity index (χ2v) is 8.14. The molecule has 1 heterocycles. The molecular formula is C9H15O4PS. The molecule has 0 spiro atoms. The third kappa shape index (κ3) is 4.51. The molecule has 1 fully saturated rings. The summed E-state index contributed by atoms with van der Waals surface area (Å²) in [5.41, 5.74) is -0.0763. The summed E-state index contributed by atoms with van der Waals surface area (Å²) in [6, 6.07) is 0. The van der Waals surface area contributed by atoms with E-state index in [2.05, 4.69) is 0 Å². The molecule has 0 radical (unpaired) electrons. The van der Waals surface area contributed by atoms with E-state index in [0.717, 1.165) is 11.4 Å². The van der Waals surface area contributed by atoms with E-state index in [0.29, 0.717) is 25.3 Å². The smallest absolute Gasteiger partial charge is 0.300 e. The van der Waals surface area contributed by atoms with Gasteiger partial charge in [0.25, 0.3) is 0 Å². The van der Waals surface area contributed by atoms with E-state index in [1.165, 1.54) is 6.08 Å². The number of aldehydes is 1. The predicted molar refractivity (Wildman–Crippen MR) is 61.0 cm³/mol. The van der Waals surface area contributed by atoms with Crippen molar-refractivity contribution in [3.63, 3.8) is 0 Å². The van der Waals surface area contributed by atoms with Gasteiger partial charge in [0, 0.05) is 11.2 Å². The molecule has 15 heavy (non-hydrogen) atoms. The second kappa shape index (κ2) is 5.30. The third-order valence-corrected chi connectivity index (χ3v) is 5.35. The number of carbonyl (C=O) groups excluding carboxylic acids is 1. The first-order valence-corrected chi connectivity index (χ1v) is 7.75. The van der Waals surface area contributed by atoms with E-state index >= 15 is 0 Å². The number of rotatable bonds is 4. The average Bonchev–Trinajstić information content (AvgIpc) is 2.19. The summed E-state index contributed by atoms with van der Waals surface area (Å²) in [6.45, 7) is 1.88. The zero-order valence-electron chi connectivity index (χ0n) is 8.84. The Labute approximate surface area is 93.7 Å². The summed E-state index contributed by atoms with van der Waals surface area (Å²) in [4.78, 5) is 9.99. The van der Waals surface area contributed by atoms with E-state index in [-0.39, 0.29) is 5.41 Å². The molecule has 0 aliphatic carbocycles. The minimum atomic E-state index is -2.98. The van der Waals surface area contributed by atoms with Gasteiger partial charge < -0.3 is 9.05 Å². The minimum absolute atomic E-state index is 0.0763. The van der Waals surface area contributed by atoms with Crippen LogP contribution in [0.25, 0.3) is 0 Å². The Morgan fingerprint density at radius 2 is 2.00 bits per heavy atom. The van der Waals surface area contributed by atoms with E-state index in [9.17, 15) is 9.36 Å². The highest BCUT2D eigenvalue weighted by Crippen LogP contribution is 2.63. The average molecular weight is 250 g/mol. The van der Waals surface area contributed by atoms with E-state index in [4.69, 9.17) is 9.05 Å². The normalized spacial score (nSPS) is 24.1. The van der Waals surface area contributed by atoms with Gasteiger partial charge in [-0.15, -0.1) is 0 Å². The Morgan fingerprint density at radius 1 is 1.40 bits per heavy atom. The number of hydrogen-bond donors (Lipinski definition) is 0. The van der Waals surface area contributed by atoms with Crippen LogP contribution in [-0.4, -0.2) is 25.3 Å². The summed E-state index contributed by atoms with van der Waals surface area (Å²) >= 11 is 1.11. The van der Waals surface area contributed by atoms with Crippen LogP contribution in [0.4, 0.5) is 0 Å². The molecule has 0 aromatic heterocycles. The number of carbonyl (C=O) groups is 1. The fraction of sp³-hybridized carbons (Fsp3) is 0.667. The highest BCUT2D eigenvalue weighted by atomic mass is 32.7. The molecule has 0 unspecified atom stereocenters. The molecule has 0 atom stereocenters. The first-order valence-electron chi connectivity index (χ1n) is 4.61. The van der Waals surface area contributed by atoms with Crippen LogP contribution in [0.15, 0.2) is 12.2 Å². The highest BCUT2D eigenvalue weighted by Gasteiger charge is 2.36. The zero-order valence-corrected chi connectivity index (χ0v) is 10.6. The Hall–Kier alpha value is -0.0900. The van der Waals surface area contributed by atoms with Crippen LogP contribution in [0, 0.1) is 5.41 Å². The van der Waals surface area contributed by atoms with Gasteiger partial charge in [0.2, 0.25) is 0 Å². The van der Waals surface area contributed by atoms with Crippen molar-refractivity contribution in [1.29, 1.82) is 0 Å². The van der Waals surface area contributed by atoms with Crippen molar-refractivity contribution in [2.24, 2.45) is 5.41 Å². The third-order valence-electron chi connectivity index (χ3n) is 1.77. The second-order valence-electron chi connectivity index (χ2n) is 4.02. The van der Waals surface area contributed by atoms with E-state index in [1.54, 1.807) is 6.08 Å². The van der Waals surface area contributed by atoms with Crippen molar-refractivity contribution < 1.29 is 18.4 Å². The van der Waals surface area contributed by atoms with Crippen LogP contribution >= 0.6 is 18.2 Å². The molecule has 1 aliphatic rings.